The first-order valence-corrected chi connectivity index (χ1v) is 9.60. The Kier molecular flexibility index (Phi) is 15.9. The van der Waals surface area contributed by atoms with E-state index in [2.05, 4.69) is 44.1 Å². The highest BCUT2D eigenvalue weighted by Gasteiger charge is 2.12. The van der Waals surface area contributed by atoms with Gasteiger partial charge in [-0.2, -0.15) is 0 Å². The smallest absolute Gasteiger partial charge is 0.0298 e. The Morgan fingerprint density at radius 2 is 1.36 bits per heavy atom. The third-order valence-corrected chi connectivity index (χ3v) is 4.27. The molecule has 0 spiro atoms. The quantitative estimate of drug-likeness (QED) is 0.179. The highest BCUT2D eigenvalue weighted by Crippen LogP contribution is 2.26. The van der Waals surface area contributed by atoms with Gasteiger partial charge in [-0.1, -0.05) is 83.8 Å². The molecule has 0 bridgehead atoms. The van der Waals surface area contributed by atoms with Crippen molar-refractivity contribution >= 4 is 6.21 Å². The van der Waals surface area contributed by atoms with Gasteiger partial charge in [0.1, 0.15) is 0 Å². The molecule has 0 aromatic heterocycles. The first-order chi connectivity index (χ1) is 10.8. The Hall–Kier alpha value is -0.850. The Morgan fingerprint density at radius 3 is 1.86 bits per heavy atom. The largest absolute Gasteiger partial charge is 0.269 e. The summed E-state index contributed by atoms with van der Waals surface area (Å²) in [7, 11) is 0. The Bertz CT molecular complexity index is 312. The Labute approximate surface area is 140 Å². The highest BCUT2D eigenvalue weighted by molar-refractivity contribution is 5.54. The molecule has 1 unspecified atom stereocenters. The monoisotopic (exact) mass is 305 g/mol. The van der Waals surface area contributed by atoms with Gasteiger partial charge in [-0.3, -0.25) is 4.99 Å². The van der Waals surface area contributed by atoms with Crippen molar-refractivity contribution in [2.45, 2.75) is 98.3 Å². The summed E-state index contributed by atoms with van der Waals surface area (Å²) in [6, 6.07) is 0. The van der Waals surface area contributed by atoms with Gasteiger partial charge in [-0.25, -0.2) is 0 Å². The number of allylic oxidation sites excluding steroid dienone is 3. The Balaban J connectivity index is 4.51. The average Bonchev–Trinajstić information content (AvgIpc) is 2.53. The van der Waals surface area contributed by atoms with Crippen LogP contribution in [0.1, 0.15) is 98.3 Å². The van der Waals surface area contributed by atoms with Gasteiger partial charge in [0.25, 0.3) is 0 Å². The molecular formula is C21H39N. The fraction of sp³-hybridized carbons (Fsp3) is 0.762. The van der Waals surface area contributed by atoms with E-state index in [4.69, 9.17) is 0 Å². The predicted molar refractivity (Wildman–Crippen MR) is 103 cm³/mol. The second kappa shape index (κ2) is 16.5. The van der Waals surface area contributed by atoms with E-state index < -0.39 is 0 Å². The molecule has 0 heterocycles. The van der Waals surface area contributed by atoms with Crippen LogP contribution in [-0.4, -0.2) is 6.21 Å². The van der Waals surface area contributed by atoms with Crippen molar-refractivity contribution in [3.8, 4) is 0 Å². The van der Waals surface area contributed by atoms with Gasteiger partial charge in [0, 0.05) is 12.4 Å². The second-order valence-electron chi connectivity index (χ2n) is 6.29. The molecule has 0 rings (SSSR count). The van der Waals surface area contributed by atoms with E-state index >= 15 is 0 Å². The normalized spacial score (nSPS) is 14.3. The molecule has 1 heteroatoms. The third-order valence-electron chi connectivity index (χ3n) is 4.27. The number of nitrogens with zero attached hydrogens (tertiary/aromatic N) is 1. The zero-order valence-corrected chi connectivity index (χ0v) is 15.6. The minimum Gasteiger partial charge on any atom is -0.269 e. The summed E-state index contributed by atoms with van der Waals surface area (Å²) in [4.78, 5) is 4.38. The molecule has 1 nitrogen and oxygen atoms in total. The minimum atomic E-state index is 0.693. The van der Waals surface area contributed by atoms with Gasteiger partial charge >= 0.3 is 0 Å². The lowest BCUT2D eigenvalue weighted by atomic mass is 9.88. The molecule has 0 N–H and O–H groups in total. The fourth-order valence-electron chi connectivity index (χ4n) is 2.93. The van der Waals surface area contributed by atoms with Crippen LogP contribution in [0.2, 0.25) is 0 Å². The molecule has 0 saturated heterocycles. The van der Waals surface area contributed by atoms with Crippen LogP contribution in [0.25, 0.3) is 0 Å². The minimum absolute atomic E-state index is 0.693. The van der Waals surface area contributed by atoms with Crippen molar-refractivity contribution in [3.05, 3.63) is 23.9 Å². The van der Waals surface area contributed by atoms with Gasteiger partial charge in [0.2, 0.25) is 0 Å². The molecule has 1 atom stereocenters. The van der Waals surface area contributed by atoms with Crippen LogP contribution in [-0.2, 0) is 0 Å². The SMILES string of the molecule is CC=N/C=C(\C=C/C)C(CCCCCC)CCCCCCC. The van der Waals surface area contributed by atoms with Crippen molar-refractivity contribution in [3.63, 3.8) is 0 Å². The molecule has 0 aromatic carbocycles. The number of unbranched alkanes of at least 4 members (excludes halogenated alkanes) is 7. The molecule has 0 fully saturated rings. The molecular weight excluding hydrogens is 266 g/mol. The summed E-state index contributed by atoms with van der Waals surface area (Å²) in [5.74, 6) is 0.693. The van der Waals surface area contributed by atoms with Gasteiger partial charge in [0.15, 0.2) is 0 Å². The van der Waals surface area contributed by atoms with Crippen LogP contribution >= 0.6 is 0 Å². The summed E-state index contributed by atoms with van der Waals surface area (Å²) in [5, 5.41) is 0. The van der Waals surface area contributed by atoms with E-state index in [1.807, 2.05) is 13.1 Å². The lowest BCUT2D eigenvalue weighted by Gasteiger charge is -2.18. The van der Waals surface area contributed by atoms with E-state index in [-0.39, 0.29) is 0 Å². The molecule has 0 aliphatic carbocycles. The summed E-state index contributed by atoms with van der Waals surface area (Å²) in [6.07, 6.45) is 23.3. The molecule has 22 heavy (non-hydrogen) atoms. The zero-order valence-electron chi connectivity index (χ0n) is 15.6. The van der Waals surface area contributed by atoms with Gasteiger partial charge in [0.05, 0.1) is 0 Å². The van der Waals surface area contributed by atoms with Crippen LogP contribution in [0, 0.1) is 5.92 Å². The van der Waals surface area contributed by atoms with Gasteiger partial charge in [-0.05, 0) is 38.2 Å². The zero-order chi connectivity index (χ0) is 16.5. The van der Waals surface area contributed by atoms with Crippen LogP contribution < -0.4 is 0 Å². The number of hydrogen-bond donors (Lipinski definition) is 0. The molecule has 0 aromatic rings. The molecule has 0 amide bonds. The molecule has 0 aliphatic heterocycles. The van der Waals surface area contributed by atoms with Crippen molar-refractivity contribution < 1.29 is 0 Å². The average molecular weight is 306 g/mol. The van der Waals surface area contributed by atoms with Crippen molar-refractivity contribution in [1.82, 2.24) is 0 Å². The fourth-order valence-corrected chi connectivity index (χ4v) is 2.93. The van der Waals surface area contributed by atoms with Crippen LogP contribution in [0.15, 0.2) is 28.9 Å². The van der Waals surface area contributed by atoms with E-state index in [1.54, 1.807) is 0 Å². The van der Waals surface area contributed by atoms with Gasteiger partial charge in [-0.15, -0.1) is 0 Å². The lowest BCUT2D eigenvalue weighted by Crippen LogP contribution is -2.04. The predicted octanol–water partition coefficient (Wildman–Crippen LogP) is 7.48. The van der Waals surface area contributed by atoms with Crippen molar-refractivity contribution in [1.29, 1.82) is 0 Å². The third kappa shape index (κ3) is 11.8. The van der Waals surface area contributed by atoms with Crippen LogP contribution in [0.3, 0.4) is 0 Å². The van der Waals surface area contributed by atoms with E-state index in [1.165, 1.54) is 76.2 Å². The Morgan fingerprint density at radius 1 is 0.818 bits per heavy atom. The van der Waals surface area contributed by atoms with Gasteiger partial charge < -0.3 is 0 Å². The maximum atomic E-state index is 4.38. The van der Waals surface area contributed by atoms with Crippen LogP contribution in [0.5, 0.6) is 0 Å². The van der Waals surface area contributed by atoms with E-state index in [0.29, 0.717) is 5.92 Å². The van der Waals surface area contributed by atoms with Crippen molar-refractivity contribution in [2.24, 2.45) is 10.9 Å². The molecule has 128 valence electrons. The van der Waals surface area contributed by atoms with E-state index in [0.717, 1.165) is 0 Å². The number of rotatable bonds is 14. The van der Waals surface area contributed by atoms with E-state index in [9.17, 15) is 0 Å². The maximum Gasteiger partial charge on any atom is 0.0298 e. The molecule has 0 radical (unpaired) electrons. The topological polar surface area (TPSA) is 12.4 Å². The molecule has 0 aliphatic rings. The first-order valence-electron chi connectivity index (χ1n) is 9.60. The molecule has 0 saturated carbocycles. The number of hydrogen-bond acceptors (Lipinski definition) is 1. The lowest BCUT2D eigenvalue weighted by molar-refractivity contribution is 0.458. The maximum absolute atomic E-state index is 4.38. The summed E-state index contributed by atoms with van der Waals surface area (Å²) in [6.45, 7) is 8.67. The van der Waals surface area contributed by atoms with Crippen LogP contribution in [0.4, 0.5) is 0 Å². The second-order valence-corrected chi connectivity index (χ2v) is 6.29. The summed E-state index contributed by atoms with van der Waals surface area (Å²) >= 11 is 0. The first kappa shape index (κ1) is 21.1. The highest BCUT2D eigenvalue weighted by atomic mass is 14.7. The summed E-state index contributed by atoms with van der Waals surface area (Å²) in [5.41, 5.74) is 1.42. The summed E-state index contributed by atoms with van der Waals surface area (Å²) < 4.78 is 0. The van der Waals surface area contributed by atoms with Crippen molar-refractivity contribution in [2.75, 3.05) is 0 Å². The standard InChI is InChI=1S/C21H39N/c1-5-9-11-13-15-18-20(17-14-12-10-6-2)21(16-7-3)19-22-8-4/h7-8,16,19-20H,5-6,9-15,17-18H2,1-4H3/b16-7-,21-19+,22-8?. The number of aliphatic imine (C=N–C) groups is 1.